The maximum absolute atomic E-state index is 12.7. The fourth-order valence-electron chi connectivity index (χ4n) is 3.02. The van der Waals surface area contributed by atoms with Crippen molar-refractivity contribution in [3.05, 3.63) is 65.7 Å². The van der Waals surface area contributed by atoms with E-state index in [0.717, 1.165) is 18.5 Å². The average Bonchev–Trinajstić information content (AvgIpc) is 2.62. The minimum atomic E-state index is -1.02. The third-order valence-corrected chi connectivity index (χ3v) is 4.21. The van der Waals surface area contributed by atoms with Crippen LogP contribution in [-0.4, -0.2) is 41.0 Å². The number of carboxylic acid groups (broad SMARTS) is 1. The molecule has 0 saturated carbocycles. The quantitative estimate of drug-likeness (QED) is 0.907. The fraction of sp³-hybridized carbons (Fsp3) is 0.263. The number of carboxylic acids is 1. The molecule has 0 aromatic heterocycles. The van der Waals surface area contributed by atoms with E-state index in [0.29, 0.717) is 18.7 Å². The molecule has 0 radical (unpaired) electrons. The van der Waals surface area contributed by atoms with Gasteiger partial charge in [-0.1, -0.05) is 24.3 Å². The van der Waals surface area contributed by atoms with E-state index in [1.807, 2.05) is 30.3 Å². The summed E-state index contributed by atoms with van der Waals surface area (Å²) in [5.74, 6) is -1.13. The molecule has 1 amide bonds. The lowest BCUT2D eigenvalue weighted by Gasteiger charge is -2.33. The Morgan fingerprint density at radius 3 is 2.54 bits per heavy atom. The molecule has 1 unspecified atom stereocenters. The second kappa shape index (κ2) is 7.17. The molecule has 5 heteroatoms. The molecule has 124 valence electrons. The van der Waals surface area contributed by atoms with Crippen molar-refractivity contribution in [2.45, 2.75) is 18.9 Å². The number of carbonyl (C=O) groups excluding carboxylic acids is 1. The second-order valence-electron chi connectivity index (χ2n) is 5.99. The maximum Gasteiger partial charge on any atom is 0.335 e. The van der Waals surface area contributed by atoms with Gasteiger partial charge in [0.2, 0.25) is 0 Å². The molecule has 1 fully saturated rings. The van der Waals surface area contributed by atoms with Crippen LogP contribution in [0.25, 0.3) is 0 Å². The molecule has 1 saturated heterocycles. The van der Waals surface area contributed by atoms with E-state index in [4.69, 9.17) is 5.11 Å². The Morgan fingerprint density at radius 2 is 1.79 bits per heavy atom. The van der Waals surface area contributed by atoms with Gasteiger partial charge in [0, 0.05) is 30.4 Å². The van der Waals surface area contributed by atoms with Gasteiger partial charge >= 0.3 is 5.97 Å². The van der Waals surface area contributed by atoms with Gasteiger partial charge in [0.15, 0.2) is 0 Å². The number of aromatic carboxylic acids is 1. The number of rotatable bonds is 4. The van der Waals surface area contributed by atoms with Crippen molar-refractivity contribution < 1.29 is 14.7 Å². The topological polar surface area (TPSA) is 69.6 Å². The van der Waals surface area contributed by atoms with Gasteiger partial charge in [0.1, 0.15) is 0 Å². The molecular weight excluding hydrogens is 304 g/mol. The lowest BCUT2D eigenvalue weighted by atomic mass is 10.0. The van der Waals surface area contributed by atoms with Crippen LogP contribution in [0.3, 0.4) is 0 Å². The number of hydrogen-bond donors (Lipinski definition) is 2. The second-order valence-corrected chi connectivity index (χ2v) is 5.99. The molecule has 1 atom stereocenters. The molecule has 2 aromatic carbocycles. The summed E-state index contributed by atoms with van der Waals surface area (Å²) in [6.45, 7) is 1.31. The molecular formula is C19H20N2O3. The molecule has 1 aliphatic heterocycles. The number of amides is 1. The number of piperidine rings is 1. The number of benzene rings is 2. The Bertz CT molecular complexity index is 730. The zero-order chi connectivity index (χ0) is 16.9. The van der Waals surface area contributed by atoms with Gasteiger partial charge in [0.25, 0.3) is 5.91 Å². The highest BCUT2D eigenvalue weighted by molar-refractivity contribution is 5.97. The maximum atomic E-state index is 12.7. The summed E-state index contributed by atoms with van der Waals surface area (Å²) in [5.41, 5.74) is 1.61. The van der Waals surface area contributed by atoms with Crippen LogP contribution in [0, 0.1) is 0 Å². The number of hydrogen-bond acceptors (Lipinski definition) is 3. The van der Waals surface area contributed by atoms with Gasteiger partial charge in [-0.15, -0.1) is 0 Å². The zero-order valence-electron chi connectivity index (χ0n) is 13.3. The van der Waals surface area contributed by atoms with Crippen LogP contribution in [0.1, 0.15) is 33.6 Å². The number of carbonyl (C=O) groups is 2. The first-order chi connectivity index (χ1) is 11.6. The fourth-order valence-corrected chi connectivity index (χ4v) is 3.02. The summed E-state index contributed by atoms with van der Waals surface area (Å²) in [7, 11) is 0. The highest BCUT2D eigenvalue weighted by atomic mass is 16.4. The number of nitrogens with one attached hydrogen (secondary N) is 1. The number of anilines is 1. The highest BCUT2D eigenvalue weighted by Gasteiger charge is 2.24. The Labute approximate surface area is 140 Å². The predicted octanol–water partition coefficient (Wildman–Crippen LogP) is 3.10. The molecule has 5 nitrogen and oxygen atoms in total. The van der Waals surface area contributed by atoms with Crippen molar-refractivity contribution in [3.8, 4) is 0 Å². The van der Waals surface area contributed by atoms with Crippen molar-refractivity contribution in [1.82, 2.24) is 4.90 Å². The summed E-state index contributed by atoms with van der Waals surface area (Å²) in [4.78, 5) is 25.5. The molecule has 24 heavy (non-hydrogen) atoms. The normalized spacial score (nSPS) is 17.3. The molecule has 3 rings (SSSR count). The molecule has 0 aliphatic carbocycles. The summed E-state index contributed by atoms with van der Waals surface area (Å²) in [6.07, 6.45) is 1.93. The predicted molar refractivity (Wildman–Crippen MR) is 92.4 cm³/mol. The van der Waals surface area contributed by atoms with Gasteiger partial charge in [-0.25, -0.2) is 4.79 Å². The van der Waals surface area contributed by atoms with Crippen LogP contribution >= 0.6 is 0 Å². The minimum Gasteiger partial charge on any atom is -0.478 e. The van der Waals surface area contributed by atoms with Crippen LogP contribution in [0.5, 0.6) is 0 Å². The summed E-state index contributed by atoms with van der Waals surface area (Å²) < 4.78 is 0. The third-order valence-electron chi connectivity index (χ3n) is 4.21. The summed E-state index contributed by atoms with van der Waals surface area (Å²) >= 11 is 0. The zero-order valence-corrected chi connectivity index (χ0v) is 13.3. The average molecular weight is 324 g/mol. The lowest BCUT2D eigenvalue weighted by Crippen LogP contribution is -2.45. The standard InChI is InChI=1S/C19H20N2O3/c22-18(14-6-4-7-15(12-14)19(23)24)21-11-5-10-17(13-21)20-16-8-2-1-3-9-16/h1-4,6-9,12,17,20H,5,10-11,13H2,(H,23,24). The van der Waals surface area contributed by atoms with Crippen LogP contribution in [0.15, 0.2) is 54.6 Å². The van der Waals surface area contributed by atoms with Gasteiger partial charge in [-0.2, -0.15) is 0 Å². The monoisotopic (exact) mass is 324 g/mol. The van der Waals surface area contributed by atoms with Crippen LogP contribution in [0.2, 0.25) is 0 Å². The smallest absolute Gasteiger partial charge is 0.335 e. The van der Waals surface area contributed by atoms with Gasteiger partial charge < -0.3 is 15.3 Å². The third kappa shape index (κ3) is 3.74. The van der Waals surface area contributed by atoms with Crippen molar-refractivity contribution >= 4 is 17.6 Å². The van der Waals surface area contributed by atoms with E-state index in [-0.39, 0.29) is 17.5 Å². The SMILES string of the molecule is O=C(O)c1cccc(C(=O)N2CCCC(Nc3ccccc3)C2)c1. The minimum absolute atomic E-state index is 0.113. The van der Waals surface area contributed by atoms with E-state index in [1.54, 1.807) is 17.0 Å². The van der Waals surface area contributed by atoms with E-state index in [9.17, 15) is 9.59 Å². The van der Waals surface area contributed by atoms with Crippen molar-refractivity contribution in [3.63, 3.8) is 0 Å². The van der Waals surface area contributed by atoms with E-state index < -0.39 is 5.97 Å². The van der Waals surface area contributed by atoms with Crippen LogP contribution in [0.4, 0.5) is 5.69 Å². The molecule has 2 aromatic rings. The first kappa shape index (κ1) is 16.1. The van der Waals surface area contributed by atoms with Gasteiger partial charge in [-0.3, -0.25) is 4.79 Å². The number of nitrogens with zero attached hydrogens (tertiary/aromatic N) is 1. The van der Waals surface area contributed by atoms with E-state index in [1.165, 1.54) is 12.1 Å². The molecule has 0 spiro atoms. The Hall–Kier alpha value is -2.82. The first-order valence-electron chi connectivity index (χ1n) is 8.08. The highest BCUT2D eigenvalue weighted by Crippen LogP contribution is 2.18. The Morgan fingerprint density at radius 1 is 1.04 bits per heavy atom. The lowest BCUT2D eigenvalue weighted by molar-refractivity contribution is 0.0697. The first-order valence-corrected chi connectivity index (χ1v) is 8.08. The van der Waals surface area contributed by atoms with Gasteiger partial charge in [0.05, 0.1) is 5.56 Å². The summed E-state index contributed by atoms with van der Waals surface area (Å²) in [6, 6.07) is 16.4. The van der Waals surface area contributed by atoms with Crippen molar-refractivity contribution in [2.75, 3.05) is 18.4 Å². The largest absolute Gasteiger partial charge is 0.478 e. The molecule has 1 aliphatic rings. The number of likely N-dealkylation sites (tertiary alicyclic amines) is 1. The van der Waals surface area contributed by atoms with Gasteiger partial charge in [-0.05, 0) is 43.2 Å². The Kier molecular flexibility index (Phi) is 4.79. The molecule has 0 bridgehead atoms. The van der Waals surface area contributed by atoms with E-state index in [2.05, 4.69) is 5.32 Å². The van der Waals surface area contributed by atoms with Crippen molar-refractivity contribution in [2.24, 2.45) is 0 Å². The van der Waals surface area contributed by atoms with E-state index >= 15 is 0 Å². The molecule has 2 N–H and O–H groups in total. The summed E-state index contributed by atoms with van der Waals surface area (Å²) in [5, 5.41) is 12.5. The molecule has 1 heterocycles. The Balaban J connectivity index is 1.69. The van der Waals surface area contributed by atoms with Crippen LogP contribution < -0.4 is 5.32 Å². The van der Waals surface area contributed by atoms with Crippen LogP contribution in [-0.2, 0) is 0 Å². The van der Waals surface area contributed by atoms with Crippen molar-refractivity contribution in [1.29, 1.82) is 0 Å². The number of para-hydroxylation sites is 1.